The molecule has 0 aliphatic carbocycles. The van der Waals surface area contributed by atoms with Crippen LogP contribution in [0.15, 0.2) is 53.9 Å². The summed E-state index contributed by atoms with van der Waals surface area (Å²) in [6.07, 6.45) is 0.952. The van der Waals surface area contributed by atoms with Gasteiger partial charge in [-0.1, -0.05) is 41.9 Å². The maximum Gasteiger partial charge on any atom is 0.0408 e. The van der Waals surface area contributed by atoms with Gasteiger partial charge in [-0.05, 0) is 46.5 Å². The smallest absolute Gasteiger partial charge is 0.0408 e. The van der Waals surface area contributed by atoms with Crippen LogP contribution in [0.4, 0.5) is 0 Å². The average Bonchev–Trinajstić information content (AvgIpc) is 2.88. The quantitative estimate of drug-likeness (QED) is 0.508. The van der Waals surface area contributed by atoms with E-state index in [2.05, 4.69) is 35.7 Å². The fourth-order valence-electron chi connectivity index (χ4n) is 2.48. The Bertz CT molecular complexity index is 718. The Hall–Kier alpha value is -1.02. The molecule has 3 aromatic rings. The van der Waals surface area contributed by atoms with Gasteiger partial charge in [-0.2, -0.15) is 0 Å². The molecule has 1 atom stereocenters. The highest BCUT2D eigenvalue weighted by Crippen LogP contribution is 2.31. The van der Waals surface area contributed by atoms with Crippen molar-refractivity contribution >= 4 is 44.6 Å². The number of hydrogen-bond donors (Lipinski definition) is 0. The lowest BCUT2D eigenvalue weighted by molar-refractivity contribution is 0.772. The molecule has 1 aromatic heterocycles. The van der Waals surface area contributed by atoms with E-state index in [1.807, 2.05) is 18.2 Å². The number of halogens is 2. The van der Waals surface area contributed by atoms with Gasteiger partial charge < -0.3 is 0 Å². The molecule has 1 unspecified atom stereocenters. The standard InChI is InChI=1S/C17H14Cl2S/c18-10-13(12-4-3-5-15(19)9-12)8-14-11-20-17-7-2-1-6-16(14)17/h1-7,9,11,13H,8,10H2. The maximum atomic E-state index is 6.18. The summed E-state index contributed by atoms with van der Waals surface area (Å²) in [6.45, 7) is 0. The van der Waals surface area contributed by atoms with Crippen molar-refractivity contribution in [2.45, 2.75) is 12.3 Å². The molecule has 3 rings (SSSR count). The zero-order chi connectivity index (χ0) is 13.9. The molecule has 102 valence electrons. The Balaban J connectivity index is 1.92. The van der Waals surface area contributed by atoms with E-state index in [0.29, 0.717) is 11.8 Å². The fraction of sp³-hybridized carbons (Fsp3) is 0.176. The molecule has 0 radical (unpaired) electrons. The van der Waals surface area contributed by atoms with Crippen molar-refractivity contribution in [1.29, 1.82) is 0 Å². The van der Waals surface area contributed by atoms with Crippen LogP contribution >= 0.6 is 34.5 Å². The van der Waals surface area contributed by atoms with E-state index < -0.39 is 0 Å². The summed E-state index contributed by atoms with van der Waals surface area (Å²) >= 11 is 14.1. The van der Waals surface area contributed by atoms with Gasteiger partial charge in [0.05, 0.1) is 0 Å². The Kier molecular flexibility index (Phi) is 4.30. The van der Waals surface area contributed by atoms with Gasteiger partial charge >= 0.3 is 0 Å². The molecule has 1 heterocycles. The van der Waals surface area contributed by atoms with Crippen LogP contribution < -0.4 is 0 Å². The van der Waals surface area contributed by atoms with Gasteiger partial charge in [-0.3, -0.25) is 0 Å². The first-order chi connectivity index (χ1) is 9.78. The average molecular weight is 321 g/mol. The normalized spacial score (nSPS) is 12.7. The Labute approximate surface area is 133 Å². The molecule has 2 aromatic carbocycles. The largest absolute Gasteiger partial charge is 0.144 e. The Morgan fingerprint density at radius 2 is 1.90 bits per heavy atom. The van der Waals surface area contributed by atoms with E-state index in [0.717, 1.165) is 11.4 Å². The monoisotopic (exact) mass is 320 g/mol. The van der Waals surface area contributed by atoms with Crippen LogP contribution in [0.1, 0.15) is 17.0 Å². The Morgan fingerprint density at radius 3 is 2.70 bits per heavy atom. The number of hydrogen-bond acceptors (Lipinski definition) is 1. The molecule has 0 aliphatic heterocycles. The van der Waals surface area contributed by atoms with Crippen LogP contribution in [0.3, 0.4) is 0 Å². The van der Waals surface area contributed by atoms with Gasteiger partial charge in [0.2, 0.25) is 0 Å². The number of thiophene rings is 1. The van der Waals surface area contributed by atoms with Crippen molar-refractivity contribution in [3.63, 3.8) is 0 Å². The summed E-state index contributed by atoms with van der Waals surface area (Å²) in [4.78, 5) is 0. The van der Waals surface area contributed by atoms with Crippen molar-refractivity contribution in [3.05, 3.63) is 70.1 Å². The number of fused-ring (bicyclic) bond motifs is 1. The minimum atomic E-state index is 0.299. The second-order valence-electron chi connectivity index (χ2n) is 4.87. The third-order valence-corrected chi connectivity index (χ3v) is 5.15. The summed E-state index contributed by atoms with van der Waals surface area (Å²) in [6, 6.07) is 16.5. The molecule has 0 amide bonds. The fourth-order valence-corrected chi connectivity index (χ4v) is 3.94. The zero-order valence-corrected chi connectivity index (χ0v) is 13.2. The van der Waals surface area contributed by atoms with E-state index >= 15 is 0 Å². The summed E-state index contributed by atoms with van der Waals surface area (Å²) < 4.78 is 1.34. The lowest BCUT2D eigenvalue weighted by Crippen LogP contribution is -2.04. The molecule has 0 bridgehead atoms. The van der Waals surface area contributed by atoms with Crippen molar-refractivity contribution in [1.82, 2.24) is 0 Å². The van der Waals surface area contributed by atoms with Crippen LogP contribution in [-0.2, 0) is 6.42 Å². The van der Waals surface area contributed by atoms with Gasteiger partial charge in [0, 0.05) is 21.5 Å². The van der Waals surface area contributed by atoms with Gasteiger partial charge in [0.25, 0.3) is 0 Å². The maximum absolute atomic E-state index is 6.18. The minimum absolute atomic E-state index is 0.299. The molecule has 0 nitrogen and oxygen atoms in total. The van der Waals surface area contributed by atoms with Crippen molar-refractivity contribution in [3.8, 4) is 0 Å². The molecule has 0 spiro atoms. The molecular weight excluding hydrogens is 307 g/mol. The lowest BCUT2D eigenvalue weighted by Gasteiger charge is -2.14. The van der Waals surface area contributed by atoms with Gasteiger partial charge in [-0.15, -0.1) is 22.9 Å². The molecule has 0 saturated heterocycles. The van der Waals surface area contributed by atoms with Crippen LogP contribution in [0.5, 0.6) is 0 Å². The Morgan fingerprint density at radius 1 is 1.05 bits per heavy atom. The molecule has 20 heavy (non-hydrogen) atoms. The summed E-state index contributed by atoms with van der Waals surface area (Å²) in [5, 5.41) is 4.36. The summed E-state index contributed by atoms with van der Waals surface area (Å²) in [5.41, 5.74) is 2.58. The summed E-state index contributed by atoms with van der Waals surface area (Å²) in [7, 11) is 0. The number of rotatable bonds is 4. The second-order valence-corrected chi connectivity index (χ2v) is 6.52. The summed E-state index contributed by atoms with van der Waals surface area (Å²) in [5.74, 6) is 0.901. The van der Waals surface area contributed by atoms with Gasteiger partial charge in [-0.25, -0.2) is 0 Å². The highest BCUT2D eigenvalue weighted by molar-refractivity contribution is 7.17. The first-order valence-corrected chi connectivity index (χ1v) is 8.33. The molecule has 3 heteroatoms. The SMILES string of the molecule is ClCC(Cc1csc2ccccc12)c1cccc(Cl)c1. The van der Waals surface area contributed by atoms with E-state index in [-0.39, 0.29) is 0 Å². The molecule has 0 N–H and O–H groups in total. The highest BCUT2D eigenvalue weighted by Gasteiger charge is 2.14. The number of alkyl halides is 1. The van der Waals surface area contributed by atoms with E-state index in [1.165, 1.54) is 21.2 Å². The molecule has 0 aliphatic rings. The predicted octanol–water partition coefficient (Wildman–Crippen LogP) is 6.12. The number of benzene rings is 2. The first kappa shape index (κ1) is 13.9. The van der Waals surface area contributed by atoms with Gasteiger partial charge in [0.15, 0.2) is 0 Å². The van der Waals surface area contributed by atoms with E-state index in [1.54, 1.807) is 11.3 Å². The van der Waals surface area contributed by atoms with Gasteiger partial charge in [0.1, 0.15) is 0 Å². The van der Waals surface area contributed by atoms with Crippen molar-refractivity contribution in [2.24, 2.45) is 0 Å². The zero-order valence-electron chi connectivity index (χ0n) is 10.9. The van der Waals surface area contributed by atoms with Crippen LogP contribution in [0.2, 0.25) is 5.02 Å². The molecule has 0 fully saturated rings. The van der Waals surface area contributed by atoms with Crippen molar-refractivity contribution in [2.75, 3.05) is 5.88 Å². The lowest BCUT2D eigenvalue weighted by atomic mass is 9.93. The second kappa shape index (κ2) is 6.17. The predicted molar refractivity (Wildman–Crippen MR) is 90.4 cm³/mol. The van der Waals surface area contributed by atoms with E-state index in [9.17, 15) is 0 Å². The highest BCUT2D eigenvalue weighted by atomic mass is 35.5. The van der Waals surface area contributed by atoms with E-state index in [4.69, 9.17) is 23.2 Å². The third kappa shape index (κ3) is 2.85. The minimum Gasteiger partial charge on any atom is -0.144 e. The van der Waals surface area contributed by atoms with Crippen LogP contribution in [-0.4, -0.2) is 5.88 Å². The van der Waals surface area contributed by atoms with Crippen molar-refractivity contribution < 1.29 is 0 Å². The first-order valence-electron chi connectivity index (χ1n) is 6.54. The molecule has 0 saturated carbocycles. The molecular formula is C17H14Cl2S. The topological polar surface area (TPSA) is 0 Å². The van der Waals surface area contributed by atoms with Crippen LogP contribution in [0, 0.1) is 0 Å². The van der Waals surface area contributed by atoms with Crippen LogP contribution in [0.25, 0.3) is 10.1 Å². The third-order valence-electron chi connectivity index (χ3n) is 3.53.